The molecule has 1 N–H and O–H groups in total. The highest BCUT2D eigenvalue weighted by atomic mass is 35.5. The van der Waals surface area contributed by atoms with Crippen LogP contribution in [0.25, 0.3) is 0 Å². The van der Waals surface area contributed by atoms with E-state index in [1.807, 2.05) is 43.5 Å². The van der Waals surface area contributed by atoms with Crippen molar-refractivity contribution in [3.8, 4) is 0 Å². The van der Waals surface area contributed by atoms with Crippen molar-refractivity contribution < 1.29 is 4.79 Å². The van der Waals surface area contributed by atoms with Crippen molar-refractivity contribution in [3.63, 3.8) is 0 Å². The van der Waals surface area contributed by atoms with E-state index in [1.165, 1.54) is 0 Å². The van der Waals surface area contributed by atoms with E-state index in [0.29, 0.717) is 11.6 Å². The Kier molecular flexibility index (Phi) is 4.78. The largest absolute Gasteiger partial charge is 0.355 e. The molecule has 1 heterocycles. The summed E-state index contributed by atoms with van der Waals surface area (Å²) in [5.41, 5.74) is 0.190. The van der Waals surface area contributed by atoms with Gasteiger partial charge in [-0.2, -0.15) is 0 Å². The number of nitrogens with zero attached hydrogens (tertiary/aromatic N) is 1. The number of hydrogen-bond donors (Lipinski definition) is 1. The summed E-state index contributed by atoms with van der Waals surface area (Å²) in [6.45, 7) is 4.35. The van der Waals surface area contributed by atoms with E-state index in [4.69, 9.17) is 11.6 Å². The Bertz CT molecular complexity index is 581. The van der Waals surface area contributed by atoms with Crippen molar-refractivity contribution in [2.75, 3.05) is 6.54 Å². The van der Waals surface area contributed by atoms with Gasteiger partial charge in [-0.15, -0.1) is 11.3 Å². The minimum Gasteiger partial charge on any atom is -0.355 e. The van der Waals surface area contributed by atoms with E-state index in [0.717, 1.165) is 17.0 Å². The predicted octanol–water partition coefficient (Wildman–Crippen LogP) is 3.43. The monoisotopic (exact) mass is 308 g/mol. The first kappa shape index (κ1) is 15.0. The first-order valence-electron chi connectivity index (χ1n) is 6.43. The molecule has 0 aliphatic heterocycles. The maximum absolute atomic E-state index is 12.4. The average molecular weight is 309 g/mol. The minimum absolute atomic E-state index is 0.0258. The quantitative estimate of drug-likeness (QED) is 0.919. The fraction of sp³-hybridized carbons (Fsp3) is 0.333. The smallest absolute Gasteiger partial charge is 0.230 e. The van der Waals surface area contributed by atoms with Crippen molar-refractivity contribution in [3.05, 3.63) is 51.4 Å². The molecule has 1 amide bonds. The molecule has 0 saturated carbocycles. The lowest BCUT2D eigenvalue weighted by atomic mass is 9.83. The molecule has 0 atom stereocenters. The zero-order valence-electron chi connectivity index (χ0n) is 11.5. The second-order valence-corrected chi connectivity index (χ2v) is 6.42. The van der Waals surface area contributed by atoms with Gasteiger partial charge in [0.2, 0.25) is 5.91 Å². The van der Waals surface area contributed by atoms with Gasteiger partial charge in [0.1, 0.15) is 0 Å². The van der Waals surface area contributed by atoms with Crippen molar-refractivity contribution in [2.45, 2.75) is 25.7 Å². The Morgan fingerprint density at radius 3 is 2.80 bits per heavy atom. The standard InChI is InChI=1S/C15H17ClN2OS/c1-15(2,11-5-3-4-6-12(11)16)14(19)18-8-7-13-17-9-10-20-13/h3-6,9-10H,7-8H2,1-2H3,(H,18,19). The highest BCUT2D eigenvalue weighted by Crippen LogP contribution is 2.29. The van der Waals surface area contributed by atoms with Gasteiger partial charge in [0, 0.05) is 29.6 Å². The first-order chi connectivity index (χ1) is 9.51. The molecule has 0 radical (unpaired) electrons. The number of halogens is 1. The van der Waals surface area contributed by atoms with Crippen LogP contribution >= 0.6 is 22.9 Å². The van der Waals surface area contributed by atoms with Gasteiger partial charge in [-0.3, -0.25) is 4.79 Å². The predicted molar refractivity (Wildman–Crippen MR) is 83.3 cm³/mol. The maximum Gasteiger partial charge on any atom is 0.230 e. The number of rotatable bonds is 5. The molecule has 1 aromatic heterocycles. The third kappa shape index (κ3) is 3.38. The van der Waals surface area contributed by atoms with Gasteiger partial charge in [0.05, 0.1) is 10.4 Å². The zero-order valence-corrected chi connectivity index (χ0v) is 13.1. The summed E-state index contributed by atoms with van der Waals surface area (Å²) in [5.74, 6) is -0.0258. The summed E-state index contributed by atoms with van der Waals surface area (Å²) in [5, 5.41) is 6.54. The van der Waals surface area contributed by atoms with Crippen LogP contribution in [0, 0.1) is 0 Å². The van der Waals surface area contributed by atoms with Gasteiger partial charge >= 0.3 is 0 Å². The molecule has 0 fully saturated rings. The Morgan fingerprint density at radius 2 is 2.15 bits per heavy atom. The van der Waals surface area contributed by atoms with E-state index in [2.05, 4.69) is 10.3 Å². The lowest BCUT2D eigenvalue weighted by Gasteiger charge is -2.25. The molecular weight excluding hydrogens is 292 g/mol. The van der Waals surface area contributed by atoms with Crippen LogP contribution < -0.4 is 5.32 Å². The molecule has 0 spiro atoms. The molecule has 0 aliphatic carbocycles. The van der Waals surface area contributed by atoms with Crippen LogP contribution in [-0.4, -0.2) is 17.4 Å². The second kappa shape index (κ2) is 6.37. The van der Waals surface area contributed by atoms with Gasteiger partial charge in [-0.25, -0.2) is 4.98 Å². The summed E-state index contributed by atoms with van der Waals surface area (Å²) < 4.78 is 0. The van der Waals surface area contributed by atoms with Crippen LogP contribution in [-0.2, 0) is 16.6 Å². The van der Waals surface area contributed by atoms with Crippen LogP contribution in [0.1, 0.15) is 24.4 Å². The third-order valence-electron chi connectivity index (χ3n) is 3.22. The van der Waals surface area contributed by atoms with Crippen molar-refractivity contribution >= 4 is 28.8 Å². The summed E-state index contributed by atoms with van der Waals surface area (Å²) >= 11 is 7.78. The number of carbonyl (C=O) groups excluding carboxylic acids is 1. The highest BCUT2D eigenvalue weighted by molar-refractivity contribution is 7.09. The Balaban J connectivity index is 1.98. The zero-order chi connectivity index (χ0) is 14.6. The van der Waals surface area contributed by atoms with Crippen LogP contribution in [0.5, 0.6) is 0 Å². The number of aromatic nitrogens is 1. The number of benzene rings is 1. The van der Waals surface area contributed by atoms with E-state index in [9.17, 15) is 4.79 Å². The second-order valence-electron chi connectivity index (χ2n) is 5.04. The Labute approximate surface area is 128 Å². The van der Waals surface area contributed by atoms with Crippen LogP contribution in [0.15, 0.2) is 35.8 Å². The lowest BCUT2D eigenvalue weighted by Crippen LogP contribution is -2.41. The summed E-state index contributed by atoms with van der Waals surface area (Å²) in [4.78, 5) is 16.6. The number of amides is 1. The molecule has 1 aromatic carbocycles. The van der Waals surface area contributed by atoms with Crippen LogP contribution in [0.3, 0.4) is 0 Å². The van der Waals surface area contributed by atoms with Gasteiger partial charge in [0.15, 0.2) is 0 Å². The normalized spacial score (nSPS) is 11.3. The summed E-state index contributed by atoms with van der Waals surface area (Å²) in [6.07, 6.45) is 2.53. The lowest BCUT2D eigenvalue weighted by molar-refractivity contribution is -0.125. The fourth-order valence-corrected chi connectivity index (χ4v) is 2.96. The average Bonchev–Trinajstić information content (AvgIpc) is 2.92. The molecule has 3 nitrogen and oxygen atoms in total. The van der Waals surface area contributed by atoms with Crippen LogP contribution in [0.4, 0.5) is 0 Å². The molecule has 0 unspecified atom stereocenters. The van der Waals surface area contributed by atoms with Crippen molar-refractivity contribution in [2.24, 2.45) is 0 Å². The Hall–Kier alpha value is -1.39. The maximum atomic E-state index is 12.4. The van der Waals surface area contributed by atoms with Gasteiger partial charge in [0.25, 0.3) is 0 Å². The minimum atomic E-state index is -0.652. The molecule has 0 aliphatic rings. The van der Waals surface area contributed by atoms with Gasteiger partial charge < -0.3 is 5.32 Å². The van der Waals surface area contributed by atoms with Crippen molar-refractivity contribution in [1.29, 1.82) is 0 Å². The molecular formula is C15H17ClN2OS. The molecule has 20 heavy (non-hydrogen) atoms. The van der Waals surface area contributed by atoms with E-state index < -0.39 is 5.41 Å². The van der Waals surface area contributed by atoms with Crippen LogP contribution in [0.2, 0.25) is 5.02 Å². The molecule has 5 heteroatoms. The fourth-order valence-electron chi connectivity index (χ4n) is 1.97. The van der Waals surface area contributed by atoms with E-state index >= 15 is 0 Å². The van der Waals surface area contributed by atoms with E-state index in [-0.39, 0.29) is 5.91 Å². The SMILES string of the molecule is CC(C)(C(=O)NCCc1nccs1)c1ccccc1Cl. The number of nitrogens with one attached hydrogen (secondary N) is 1. The summed E-state index contributed by atoms with van der Waals surface area (Å²) in [7, 11) is 0. The first-order valence-corrected chi connectivity index (χ1v) is 7.69. The Morgan fingerprint density at radius 1 is 1.40 bits per heavy atom. The molecule has 2 rings (SSSR count). The number of hydrogen-bond acceptors (Lipinski definition) is 3. The number of carbonyl (C=O) groups is 1. The summed E-state index contributed by atoms with van der Waals surface area (Å²) in [6, 6.07) is 7.46. The third-order valence-corrected chi connectivity index (χ3v) is 4.39. The molecule has 2 aromatic rings. The van der Waals surface area contributed by atoms with Gasteiger partial charge in [-0.05, 0) is 25.5 Å². The van der Waals surface area contributed by atoms with Crippen molar-refractivity contribution in [1.82, 2.24) is 10.3 Å². The number of thiazole rings is 1. The highest BCUT2D eigenvalue weighted by Gasteiger charge is 2.31. The van der Waals surface area contributed by atoms with E-state index in [1.54, 1.807) is 17.5 Å². The molecule has 0 bridgehead atoms. The molecule has 0 saturated heterocycles. The van der Waals surface area contributed by atoms with Gasteiger partial charge in [-0.1, -0.05) is 29.8 Å². The molecule has 106 valence electrons. The topological polar surface area (TPSA) is 42.0 Å².